The highest BCUT2D eigenvalue weighted by Crippen LogP contribution is 2.35. The van der Waals surface area contributed by atoms with Crippen molar-refractivity contribution in [2.75, 3.05) is 31.6 Å². The van der Waals surface area contributed by atoms with Gasteiger partial charge in [0, 0.05) is 41.9 Å². The zero-order chi connectivity index (χ0) is 25.9. The van der Waals surface area contributed by atoms with E-state index in [9.17, 15) is 19.2 Å². The van der Waals surface area contributed by atoms with Crippen molar-refractivity contribution in [2.45, 2.75) is 25.7 Å². The second kappa shape index (κ2) is 13.0. The summed E-state index contributed by atoms with van der Waals surface area (Å²) in [6, 6.07) is 10.1. The van der Waals surface area contributed by atoms with Crippen molar-refractivity contribution in [2.24, 2.45) is 0 Å². The topological polar surface area (TPSA) is 114 Å². The maximum Gasteiger partial charge on any atom is 0.243 e. The molecule has 0 radical (unpaired) electrons. The Morgan fingerprint density at radius 3 is 1.86 bits per heavy atom. The van der Waals surface area contributed by atoms with E-state index < -0.39 is 0 Å². The van der Waals surface area contributed by atoms with Gasteiger partial charge in [-0.3, -0.25) is 19.2 Å². The van der Waals surface area contributed by atoms with Crippen LogP contribution in [0.1, 0.15) is 57.5 Å². The van der Waals surface area contributed by atoms with Gasteiger partial charge in [-0.15, -0.1) is 0 Å². The number of rotatable bonds is 14. The first-order chi connectivity index (χ1) is 17.5. The number of ketones is 2. The minimum Gasteiger partial charge on any atom is -0.491 e. The molecule has 1 aliphatic carbocycles. The first-order valence-corrected chi connectivity index (χ1v) is 12.0. The van der Waals surface area contributed by atoms with Gasteiger partial charge in [-0.1, -0.05) is 37.4 Å². The highest BCUT2D eigenvalue weighted by atomic mass is 16.5. The van der Waals surface area contributed by atoms with Crippen LogP contribution in [-0.4, -0.2) is 49.6 Å². The molecule has 1 aliphatic rings. The Morgan fingerprint density at radius 1 is 0.750 bits per heavy atom. The molecular formula is C28H31N3O5. The molecule has 0 spiro atoms. The molecule has 2 aromatic rings. The molecule has 0 saturated carbocycles. The van der Waals surface area contributed by atoms with Gasteiger partial charge in [-0.05, 0) is 50.0 Å². The van der Waals surface area contributed by atoms with Crippen LogP contribution in [0.3, 0.4) is 0 Å². The van der Waals surface area contributed by atoms with Gasteiger partial charge in [0.05, 0.1) is 12.3 Å². The summed E-state index contributed by atoms with van der Waals surface area (Å²) >= 11 is 0. The SMILES string of the molecule is C=CC(=O)NCCCCNc1cc2c(cc1OCCCCNC(=O)C=C)C(=O)c1ccccc1C2=O. The number of anilines is 1. The quantitative estimate of drug-likeness (QED) is 0.236. The van der Waals surface area contributed by atoms with E-state index in [-0.39, 0.29) is 23.4 Å². The molecule has 0 aromatic heterocycles. The molecule has 0 atom stereocenters. The Hall–Kier alpha value is -4.20. The van der Waals surface area contributed by atoms with E-state index >= 15 is 0 Å². The van der Waals surface area contributed by atoms with Crippen molar-refractivity contribution in [1.82, 2.24) is 10.6 Å². The number of hydrogen-bond donors (Lipinski definition) is 3. The fraction of sp³-hybridized carbons (Fsp3) is 0.286. The van der Waals surface area contributed by atoms with Crippen molar-refractivity contribution in [3.63, 3.8) is 0 Å². The van der Waals surface area contributed by atoms with Crippen molar-refractivity contribution in [1.29, 1.82) is 0 Å². The number of carbonyl (C=O) groups excluding carboxylic acids is 4. The lowest BCUT2D eigenvalue weighted by Gasteiger charge is -2.21. The monoisotopic (exact) mass is 489 g/mol. The Labute approximate surface area is 210 Å². The van der Waals surface area contributed by atoms with Gasteiger partial charge in [0.2, 0.25) is 11.8 Å². The van der Waals surface area contributed by atoms with Gasteiger partial charge >= 0.3 is 0 Å². The van der Waals surface area contributed by atoms with Crippen LogP contribution in [0.5, 0.6) is 5.75 Å². The summed E-state index contributed by atoms with van der Waals surface area (Å²) in [5, 5.41) is 8.77. The third-order valence-corrected chi connectivity index (χ3v) is 5.74. The van der Waals surface area contributed by atoms with Gasteiger partial charge in [0.25, 0.3) is 0 Å². The third kappa shape index (κ3) is 6.69. The van der Waals surface area contributed by atoms with E-state index in [4.69, 9.17) is 4.74 Å². The standard InChI is InChI=1S/C28H31N3O5/c1-3-25(32)30-14-8-7-13-29-23-17-21-22(28(35)20-12-6-5-11-19(20)27(21)34)18-24(23)36-16-10-9-15-31-26(33)4-2/h3-6,11-12,17-18,29H,1-2,7-10,13-16H2,(H,30,32)(H,31,33). The molecule has 0 unspecified atom stereocenters. The van der Waals surface area contributed by atoms with E-state index in [1.54, 1.807) is 36.4 Å². The molecule has 3 N–H and O–H groups in total. The lowest BCUT2D eigenvalue weighted by Crippen LogP contribution is -2.23. The van der Waals surface area contributed by atoms with E-state index in [0.29, 0.717) is 72.8 Å². The summed E-state index contributed by atoms with van der Waals surface area (Å²) in [5.41, 5.74) is 2.09. The summed E-state index contributed by atoms with van der Waals surface area (Å²) < 4.78 is 6.01. The Balaban J connectivity index is 1.70. The molecule has 188 valence electrons. The maximum absolute atomic E-state index is 13.1. The largest absolute Gasteiger partial charge is 0.491 e. The van der Waals surface area contributed by atoms with Gasteiger partial charge < -0.3 is 20.7 Å². The molecular weight excluding hydrogens is 458 g/mol. The van der Waals surface area contributed by atoms with Crippen LogP contribution in [0, 0.1) is 0 Å². The molecule has 2 aromatic carbocycles. The second-order valence-corrected chi connectivity index (χ2v) is 8.28. The highest BCUT2D eigenvalue weighted by molar-refractivity contribution is 6.28. The Morgan fingerprint density at radius 2 is 1.28 bits per heavy atom. The van der Waals surface area contributed by atoms with Crippen LogP contribution >= 0.6 is 0 Å². The number of ether oxygens (including phenoxy) is 1. The number of carbonyl (C=O) groups is 4. The smallest absolute Gasteiger partial charge is 0.243 e. The predicted octanol–water partition coefficient (Wildman–Crippen LogP) is 3.42. The first-order valence-electron chi connectivity index (χ1n) is 12.0. The number of amides is 2. The summed E-state index contributed by atoms with van der Waals surface area (Å²) in [6.45, 7) is 8.86. The molecule has 36 heavy (non-hydrogen) atoms. The fourth-order valence-electron chi connectivity index (χ4n) is 3.83. The average molecular weight is 490 g/mol. The summed E-state index contributed by atoms with van der Waals surface area (Å²) in [7, 11) is 0. The second-order valence-electron chi connectivity index (χ2n) is 8.28. The van der Waals surface area contributed by atoms with Gasteiger partial charge in [0.1, 0.15) is 5.75 Å². The molecule has 0 heterocycles. The zero-order valence-corrected chi connectivity index (χ0v) is 20.2. The first kappa shape index (κ1) is 26.4. The van der Waals surface area contributed by atoms with E-state index in [1.165, 1.54) is 12.2 Å². The molecule has 8 heteroatoms. The maximum atomic E-state index is 13.1. The van der Waals surface area contributed by atoms with Gasteiger partial charge in [-0.2, -0.15) is 0 Å². The average Bonchev–Trinajstić information content (AvgIpc) is 2.90. The predicted molar refractivity (Wildman–Crippen MR) is 139 cm³/mol. The number of nitrogens with one attached hydrogen (secondary N) is 3. The minimum atomic E-state index is -0.218. The number of unbranched alkanes of at least 4 members (excludes halogenated alkanes) is 2. The number of fused-ring (bicyclic) bond motifs is 2. The number of benzene rings is 2. The molecule has 0 aliphatic heterocycles. The van der Waals surface area contributed by atoms with Crippen LogP contribution in [0.25, 0.3) is 0 Å². The zero-order valence-electron chi connectivity index (χ0n) is 20.2. The van der Waals surface area contributed by atoms with Gasteiger partial charge in [-0.25, -0.2) is 0 Å². The van der Waals surface area contributed by atoms with E-state index in [0.717, 1.165) is 12.8 Å². The van der Waals surface area contributed by atoms with E-state index in [2.05, 4.69) is 29.1 Å². The van der Waals surface area contributed by atoms with Crippen molar-refractivity contribution < 1.29 is 23.9 Å². The van der Waals surface area contributed by atoms with Crippen LogP contribution in [0.15, 0.2) is 61.7 Å². The highest BCUT2D eigenvalue weighted by Gasteiger charge is 2.30. The van der Waals surface area contributed by atoms with Crippen LogP contribution in [0.4, 0.5) is 5.69 Å². The van der Waals surface area contributed by atoms with Crippen LogP contribution in [0.2, 0.25) is 0 Å². The number of hydrogen-bond acceptors (Lipinski definition) is 6. The van der Waals surface area contributed by atoms with Crippen molar-refractivity contribution >= 4 is 29.1 Å². The molecule has 8 nitrogen and oxygen atoms in total. The van der Waals surface area contributed by atoms with Crippen molar-refractivity contribution in [3.05, 3.63) is 84.0 Å². The van der Waals surface area contributed by atoms with Crippen molar-refractivity contribution in [3.8, 4) is 5.75 Å². The summed E-state index contributed by atoms with van der Waals surface area (Å²) in [5.74, 6) is -0.337. The molecule has 0 bridgehead atoms. The fourth-order valence-corrected chi connectivity index (χ4v) is 3.83. The molecule has 0 saturated heterocycles. The Bertz CT molecular complexity index is 1080. The summed E-state index contributed by atoms with van der Waals surface area (Å²) in [6.07, 6.45) is 5.40. The lowest BCUT2D eigenvalue weighted by molar-refractivity contribution is -0.117. The van der Waals surface area contributed by atoms with Gasteiger partial charge in [0.15, 0.2) is 11.6 Å². The Kier molecular flexibility index (Phi) is 9.56. The van der Waals surface area contributed by atoms with Crippen LogP contribution < -0.4 is 20.7 Å². The normalized spacial score (nSPS) is 11.7. The summed E-state index contributed by atoms with van der Waals surface area (Å²) in [4.78, 5) is 48.8. The molecule has 2 amide bonds. The third-order valence-electron chi connectivity index (χ3n) is 5.74. The molecule has 0 fully saturated rings. The van der Waals surface area contributed by atoms with E-state index in [1.807, 2.05) is 0 Å². The lowest BCUT2D eigenvalue weighted by atomic mass is 9.83. The minimum absolute atomic E-state index is 0.195. The molecule has 3 rings (SSSR count). The van der Waals surface area contributed by atoms with Crippen LogP contribution in [-0.2, 0) is 9.59 Å².